The third kappa shape index (κ3) is 3.43. The molecule has 0 bridgehead atoms. The molecular weight excluding hydrogens is 395 g/mol. The number of hydrogen-bond donors (Lipinski definition) is 0. The Balaban J connectivity index is 2.07. The molecule has 0 spiro atoms. The van der Waals surface area contributed by atoms with Crippen LogP contribution in [0.3, 0.4) is 0 Å². The Kier molecular flexibility index (Phi) is 5.13. The predicted molar refractivity (Wildman–Crippen MR) is 97.1 cm³/mol. The second-order valence-electron chi connectivity index (χ2n) is 5.46. The number of carbonyl (C=O) groups excluding carboxylic acids is 1. The molecule has 0 aliphatic carbocycles. The zero-order chi connectivity index (χ0) is 17.5. The number of para-hydroxylation sites is 1. The Morgan fingerprint density at radius 2 is 2.04 bits per heavy atom. The predicted octanol–water partition coefficient (Wildman–Crippen LogP) is 2.24. The Morgan fingerprint density at radius 3 is 2.67 bits per heavy atom. The fraction of sp³-hybridized carbons (Fsp3) is 0.429. The molecule has 2 fully saturated rings. The highest BCUT2D eigenvalue weighted by Gasteiger charge is 2.50. The summed E-state index contributed by atoms with van der Waals surface area (Å²) in [5.74, 6) is -0.432. The summed E-state index contributed by atoms with van der Waals surface area (Å²) in [7, 11) is -1.74. The van der Waals surface area contributed by atoms with Gasteiger partial charge in [0.25, 0.3) is 5.91 Å². The Hall–Kier alpha value is -0.800. The van der Waals surface area contributed by atoms with E-state index in [9.17, 15) is 13.2 Å². The number of halogens is 2. The number of carbonyl (C=O) groups is 1. The number of sulfone groups is 1. The highest BCUT2D eigenvalue weighted by atomic mass is 35.5. The first-order valence-electron chi connectivity index (χ1n) is 7.03. The summed E-state index contributed by atoms with van der Waals surface area (Å²) >= 11 is 13.8. The van der Waals surface area contributed by atoms with Crippen molar-refractivity contribution in [2.45, 2.75) is 11.3 Å². The highest BCUT2D eigenvalue weighted by Crippen LogP contribution is 2.45. The van der Waals surface area contributed by atoms with Crippen molar-refractivity contribution in [2.75, 3.05) is 30.1 Å². The van der Waals surface area contributed by atoms with Crippen LogP contribution < -0.4 is 4.90 Å². The second-order valence-corrected chi connectivity index (χ2v) is 9.64. The van der Waals surface area contributed by atoms with Crippen LogP contribution in [0.25, 0.3) is 0 Å². The van der Waals surface area contributed by atoms with E-state index in [2.05, 4.69) is 4.99 Å². The topological polar surface area (TPSA) is 76.0 Å². The van der Waals surface area contributed by atoms with Gasteiger partial charge in [0.05, 0.1) is 33.3 Å². The van der Waals surface area contributed by atoms with E-state index in [1.54, 1.807) is 23.1 Å². The maximum Gasteiger partial charge on any atom is 0.274 e. The van der Waals surface area contributed by atoms with Crippen molar-refractivity contribution in [3.8, 4) is 0 Å². The average Bonchev–Trinajstić information content (AvgIpc) is 2.92. The monoisotopic (exact) mass is 408 g/mol. The van der Waals surface area contributed by atoms with E-state index in [1.165, 1.54) is 18.9 Å². The van der Waals surface area contributed by atoms with Crippen molar-refractivity contribution < 1.29 is 17.9 Å². The summed E-state index contributed by atoms with van der Waals surface area (Å²) in [4.78, 5) is 17.6. The lowest BCUT2D eigenvalue weighted by atomic mass is 10.2. The maximum atomic E-state index is 12.0. The van der Waals surface area contributed by atoms with Crippen LogP contribution in [0, 0.1) is 0 Å². The van der Waals surface area contributed by atoms with E-state index in [0.29, 0.717) is 20.9 Å². The fourth-order valence-electron chi connectivity index (χ4n) is 2.81. The lowest BCUT2D eigenvalue weighted by Gasteiger charge is -2.26. The summed E-state index contributed by atoms with van der Waals surface area (Å²) in [6, 6.07) is 4.68. The van der Waals surface area contributed by atoms with Crippen LogP contribution in [0.5, 0.6) is 0 Å². The smallest absolute Gasteiger partial charge is 0.274 e. The molecule has 130 valence electrons. The number of amides is 1. The van der Waals surface area contributed by atoms with Gasteiger partial charge in [-0.05, 0) is 12.1 Å². The lowest BCUT2D eigenvalue weighted by molar-refractivity contribution is -0.121. The van der Waals surface area contributed by atoms with Crippen LogP contribution in [-0.4, -0.2) is 56.0 Å². The van der Waals surface area contributed by atoms with Crippen LogP contribution in [-0.2, 0) is 19.4 Å². The molecule has 2 heterocycles. The number of fused-ring (bicyclic) bond motifs is 1. The van der Waals surface area contributed by atoms with Gasteiger partial charge in [-0.15, -0.1) is 0 Å². The fourth-order valence-corrected chi connectivity index (χ4v) is 7.30. The van der Waals surface area contributed by atoms with E-state index in [0.717, 1.165) is 0 Å². The van der Waals surface area contributed by atoms with Gasteiger partial charge in [-0.1, -0.05) is 41.0 Å². The highest BCUT2D eigenvalue weighted by molar-refractivity contribution is 8.16. The van der Waals surface area contributed by atoms with Crippen molar-refractivity contribution >= 4 is 61.6 Å². The maximum absolute atomic E-state index is 12.0. The molecular formula is C14H14Cl2N2O4S2. The number of hydrogen-bond acceptors (Lipinski definition) is 5. The average molecular weight is 409 g/mol. The van der Waals surface area contributed by atoms with Gasteiger partial charge in [0.1, 0.15) is 6.61 Å². The molecule has 0 N–H and O–H groups in total. The molecule has 24 heavy (non-hydrogen) atoms. The van der Waals surface area contributed by atoms with Crippen molar-refractivity contribution in [1.82, 2.24) is 0 Å². The Labute approximate surface area is 154 Å². The summed E-state index contributed by atoms with van der Waals surface area (Å²) in [5, 5.41) is 0.938. The molecule has 10 heteroatoms. The quantitative estimate of drug-likeness (QED) is 0.762. The summed E-state index contributed by atoms with van der Waals surface area (Å²) in [6.07, 6.45) is 0. The minimum Gasteiger partial charge on any atom is -0.375 e. The molecule has 3 rings (SSSR count). The molecule has 2 saturated heterocycles. The van der Waals surface area contributed by atoms with Crippen LogP contribution in [0.1, 0.15) is 0 Å². The molecule has 2 atom stereocenters. The van der Waals surface area contributed by atoms with Gasteiger partial charge in [-0.25, -0.2) is 8.42 Å². The molecule has 0 unspecified atom stereocenters. The largest absolute Gasteiger partial charge is 0.375 e. The molecule has 1 aromatic rings. The number of thioether (sulfide) groups is 1. The zero-order valence-corrected chi connectivity index (χ0v) is 15.8. The molecule has 2 aliphatic rings. The van der Waals surface area contributed by atoms with E-state index in [4.69, 9.17) is 27.9 Å². The van der Waals surface area contributed by atoms with Crippen molar-refractivity contribution in [3.05, 3.63) is 28.2 Å². The molecule has 0 radical (unpaired) electrons. The van der Waals surface area contributed by atoms with Gasteiger partial charge in [0.2, 0.25) is 0 Å². The standard InChI is InChI=1S/C14H14Cl2N2O4S2/c1-22-5-12(19)17-14-18(13-8(15)3-2-4-9(13)16)10-6-24(20,21)7-11(10)23-14/h2-4,10-11H,5-7H2,1H3/t10-,11-/m0/s1. The van der Waals surface area contributed by atoms with Crippen LogP contribution in [0.15, 0.2) is 23.2 Å². The Morgan fingerprint density at radius 1 is 1.38 bits per heavy atom. The normalized spacial score (nSPS) is 26.8. The number of nitrogens with zero attached hydrogens (tertiary/aromatic N) is 2. The third-order valence-electron chi connectivity index (χ3n) is 3.73. The second kappa shape index (κ2) is 6.84. The number of anilines is 1. The summed E-state index contributed by atoms with van der Waals surface area (Å²) in [6.45, 7) is -0.151. The zero-order valence-electron chi connectivity index (χ0n) is 12.6. The van der Waals surface area contributed by atoms with Gasteiger partial charge < -0.3 is 9.64 Å². The number of amidine groups is 1. The number of methoxy groups -OCH3 is 1. The number of ether oxygens (including phenoxy) is 1. The first kappa shape index (κ1) is 18.0. The number of aliphatic imine (C=N–C) groups is 1. The number of rotatable bonds is 3. The van der Waals surface area contributed by atoms with Gasteiger partial charge in [-0.3, -0.25) is 4.79 Å². The third-order valence-corrected chi connectivity index (χ3v) is 7.55. The molecule has 2 aliphatic heterocycles. The van der Waals surface area contributed by atoms with Crippen LogP contribution >= 0.6 is 35.0 Å². The molecule has 1 amide bonds. The number of benzene rings is 1. The van der Waals surface area contributed by atoms with Gasteiger partial charge >= 0.3 is 0 Å². The van der Waals surface area contributed by atoms with Crippen molar-refractivity contribution in [1.29, 1.82) is 0 Å². The summed E-state index contributed by atoms with van der Waals surface area (Å²) in [5.41, 5.74) is 0.474. The van der Waals surface area contributed by atoms with Crippen LogP contribution in [0.2, 0.25) is 10.0 Å². The minimum atomic E-state index is -3.15. The van der Waals surface area contributed by atoms with E-state index in [1.807, 2.05) is 0 Å². The molecule has 0 aromatic heterocycles. The minimum absolute atomic E-state index is 0.0241. The SMILES string of the molecule is COCC(=O)N=C1S[C@H]2CS(=O)(=O)C[C@@H]2N1c1c(Cl)cccc1Cl. The van der Waals surface area contributed by atoms with Gasteiger partial charge in [0.15, 0.2) is 15.0 Å². The summed E-state index contributed by atoms with van der Waals surface area (Å²) < 4.78 is 28.8. The molecule has 6 nitrogen and oxygen atoms in total. The van der Waals surface area contributed by atoms with Crippen molar-refractivity contribution in [3.63, 3.8) is 0 Å². The van der Waals surface area contributed by atoms with Gasteiger partial charge in [0, 0.05) is 12.4 Å². The van der Waals surface area contributed by atoms with Crippen molar-refractivity contribution in [2.24, 2.45) is 4.99 Å². The first-order valence-corrected chi connectivity index (χ1v) is 10.5. The van der Waals surface area contributed by atoms with E-state index < -0.39 is 15.7 Å². The van der Waals surface area contributed by atoms with E-state index in [-0.39, 0.29) is 29.4 Å². The first-order chi connectivity index (χ1) is 11.3. The van der Waals surface area contributed by atoms with Crippen LogP contribution in [0.4, 0.5) is 5.69 Å². The lowest BCUT2D eigenvalue weighted by Crippen LogP contribution is -2.38. The Bertz CT molecular complexity index is 793. The molecule has 0 saturated carbocycles. The van der Waals surface area contributed by atoms with E-state index >= 15 is 0 Å². The van der Waals surface area contributed by atoms with Gasteiger partial charge in [-0.2, -0.15) is 4.99 Å². The molecule has 1 aromatic carbocycles.